The highest BCUT2D eigenvalue weighted by molar-refractivity contribution is 6.30. The van der Waals surface area contributed by atoms with Gasteiger partial charge in [0.25, 0.3) is 0 Å². The molecular formula is C29H27N. The van der Waals surface area contributed by atoms with Gasteiger partial charge in [0.2, 0.25) is 0 Å². The minimum Gasteiger partial charge on any atom is -0.337 e. The Bertz CT molecular complexity index is 1420. The third-order valence-corrected chi connectivity index (χ3v) is 7.16. The molecule has 0 amide bonds. The maximum Gasteiger partial charge on any atom is 0.0506 e. The number of aromatic nitrogens is 1. The van der Waals surface area contributed by atoms with Gasteiger partial charge in [0.05, 0.1) is 5.52 Å². The summed E-state index contributed by atoms with van der Waals surface area (Å²) in [6, 6.07) is 18.9. The molecule has 0 atom stereocenters. The van der Waals surface area contributed by atoms with Crippen LogP contribution < -0.4 is 0 Å². The summed E-state index contributed by atoms with van der Waals surface area (Å²) in [5, 5.41) is 9.56. The quantitative estimate of drug-likeness (QED) is 0.272. The lowest BCUT2D eigenvalue weighted by Crippen LogP contribution is -2.14. The summed E-state index contributed by atoms with van der Waals surface area (Å²) < 4.78 is 2.62. The summed E-state index contributed by atoms with van der Waals surface area (Å²) >= 11 is 0. The van der Waals surface area contributed by atoms with E-state index in [0.29, 0.717) is 6.04 Å². The molecule has 0 aliphatic heterocycles. The van der Waals surface area contributed by atoms with Crippen molar-refractivity contribution in [3.05, 3.63) is 72.4 Å². The second-order valence-corrected chi connectivity index (χ2v) is 8.79. The SMILES string of the molecule is C=Cc1c(/C=C\C)c2c3ccc4cccc5ccc(cc2n1C1CCCCC1)c3c54. The highest BCUT2D eigenvalue weighted by atomic mass is 15.0. The summed E-state index contributed by atoms with van der Waals surface area (Å²) in [6.07, 6.45) is 13.1. The number of fused-ring (bicyclic) bond motifs is 2. The molecule has 0 radical (unpaired) electrons. The van der Waals surface area contributed by atoms with E-state index >= 15 is 0 Å². The Hall–Kier alpha value is -3.06. The number of benzene rings is 4. The van der Waals surface area contributed by atoms with Gasteiger partial charge >= 0.3 is 0 Å². The molecule has 0 N–H and O–H groups in total. The summed E-state index contributed by atoms with van der Waals surface area (Å²) in [6.45, 7) is 6.36. The van der Waals surface area contributed by atoms with Crippen molar-refractivity contribution in [3.63, 3.8) is 0 Å². The number of hydrogen-bond donors (Lipinski definition) is 0. The Balaban J connectivity index is 1.84. The van der Waals surface area contributed by atoms with Gasteiger partial charge in [0.1, 0.15) is 0 Å². The van der Waals surface area contributed by atoms with E-state index in [9.17, 15) is 0 Å². The van der Waals surface area contributed by atoms with E-state index in [4.69, 9.17) is 0 Å². The summed E-state index contributed by atoms with van der Waals surface area (Å²) in [7, 11) is 0. The molecule has 1 fully saturated rings. The lowest BCUT2D eigenvalue weighted by atomic mass is 9.91. The molecule has 1 saturated carbocycles. The van der Waals surface area contributed by atoms with E-state index in [1.165, 1.54) is 86.6 Å². The first kappa shape index (κ1) is 17.8. The fourth-order valence-electron chi connectivity index (χ4n) is 5.93. The van der Waals surface area contributed by atoms with Gasteiger partial charge in [-0.2, -0.15) is 0 Å². The van der Waals surface area contributed by atoms with E-state index in [-0.39, 0.29) is 0 Å². The smallest absolute Gasteiger partial charge is 0.0506 e. The highest BCUT2D eigenvalue weighted by Gasteiger charge is 2.24. The monoisotopic (exact) mass is 389 g/mol. The Morgan fingerprint density at radius 2 is 1.60 bits per heavy atom. The van der Waals surface area contributed by atoms with Gasteiger partial charge in [-0.3, -0.25) is 0 Å². The lowest BCUT2D eigenvalue weighted by molar-refractivity contribution is 0.359. The van der Waals surface area contributed by atoms with Gasteiger partial charge in [-0.15, -0.1) is 0 Å². The first-order valence-corrected chi connectivity index (χ1v) is 11.3. The van der Waals surface area contributed by atoms with Crippen molar-refractivity contribution in [1.82, 2.24) is 4.57 Å². The maximum atomic E-state index is 4.24. The van der Waals surface area contributed by atoms with Crippen molar-refractivity contribution >= 4 is 55.4 Å². The standard InChI is InChI=1S/C29H27N/c1-3-9-23-25(4-2)30(22-12-6-5-7-13-22)26-18-21-15-14-19-10-8-11-20-16-17-24(29(23)26)28(21)27(19)20/h3-4,8-11,14-18,22H,2,5-7,12-13H2,1H3/b9-3-. The molecule has 148 valence electrons. The lowest BCUT2D eigenvalue weighted by Gasteiger charge is -2.26. The van der Waals surface area contributed by atoms with Gasteiger partial charge in [0.15, 0.2) is 0 Å². The van der Waals surface area contributed by atoms with Crippen LogP contribution >= 0.6 is 0 Å². The Labute approximate surface area is 177 Å². The molecule has 6 rings (SSSR count). The third-order valence-electron chi connectivity index (χ3n) is 7.16. The van der Waals surface area contributed by atoms with E-state index in [0.717, 1.165) is 0 Å². The van der Waals surface area contributed by atoms with Crippen LogP contribution in [0.3, 0.4) is 0 Å². The molecular weight excluding hydrogens is 362 g/mol. The fraction of sp³-hybridized carbons (Fsp3) is 0.241. The van der Waals surface area contributed by atoms with Crippen molar-refractivity contribution in [3.8, 4) is 0 Å². The zero-order valence-corrected chi connectivity index (χ0v) is 17.6. The van der Waals surface area contributed by atoms with Crippen LogP contribution in [0, 0.1) is 0 Å². The number of hydrogen-bond acceptors (Lipinski definition) is 0. The third kappa shape index (κ3) is 2.35. The molecule has 1 aromatic heterocycles. The van der Waals surface area contributed by atoms with Crippen LogP contribution in [0.4, 0.5) is 0 Å². The average molecular weight is 390 g/mol. The topological polar surface area (TPSA) is 4.93 Å². The van der Waals surface area contributed by atoms with Crippen molar-refractivity contribution in [2.75, 3.05) is 0 Å². The molecule has 0 unspecified atom stereocenters. The molecule has 5 aromatic rings. The second-order valence-electron chi connectivity index (χ2n) is 8.79. The van der Waals surface area contributed by atoms with E-state index in [1.54, 1.807) is 0 Å². The van der Waals surface area contributed by atoms with E-state index < -0.39 is 0 Å². The minimum absolute atomic E-state index is 0.571. The van der Waals surface area contributed by atoms with Crippen molar-refractivity contribution in [1.29, 1.82) is 0 Å². The predicted molar refractivity (Wildman–Crippen MR) is 133 cm³/mol. The van der Waals surface area contributed by atoms with Crippen LogP contribution in [0.5, 0.6) is 0 Å². The normalized spacial score (nSPS) is 16.0. The van der Waals surface area contributed by atoms with E-state index in [1.807, 2.05) is 0 Å². The Kier molecular flexibility index (Phi) is 3.99. The molecule has 1 aliphatic rings. The van der Waals surface area contributed by atoms with Crippen LogP contribution in [0.2, 0.25) is 0 Å². The average Bonchev–Trinajstić information content (AvgIpc) is 3.11. The molecule has 1 aliphatic carbocycles. The van der Waals surface area contributed by atoms with Crippen LogP contribution in [-0.2, 0) is 0 Å². The van der Waals surface area contributed by atoms with Gasteiger partial charge in [-0.1, -0.05) is 80.5 Å². The van der Waals surface area contributed by atoms with E-state index in [2.05, 4.69) is 84.8 Å². The number of allylic oxidation sites excluding steroid dienone is 1. The van der Waals surface area contributed by atoms with Crippen LogP contribution in [0.25, 0.3) is 55.4 Å². The largest absolute Gasteiger partial charge is 0.337 e. The van der Waals surface area contributed by atoms with Gasteiger partial charge in [0, 0.05) is 22.7 Å². The zero-order chi connectivity index (χ0) is 20.2. The Morgan fingerprint density at radius 3 is 2.33 bits per heavy atom. The zero-order valence-electron chi connectivity index (χ0n) is 17.6. The van der Waals surface area contributed by atoms with Crippen LogP contribution in [0.1, 0.15) is 56.3 Å². The molecule has 1 heterocycles. The van der Waals surface area contributed by atoms with Crippen molar-refractivity contribution in [2.24, 2.45) is 0 Å². The van der Waals surface area contributed by atoms with Crippen molar-refractivity contribution < 1.29 is 0 Å². The second kappa shape index (κ2) is 6.74. The molecule has 4 aromatic carbocycles. The molecule has 30 heavy (non-hydrogen) atoms. The van der Waals surface area contributed by atoms with Crippen LogP contribution in [0.15, 0.2) is 61.2 Å². The number of nitrogens with zero attached hydrogens (tertiary/aromatic N) is 1. The molecule has 1 heteroatoms. The molecule has 0 spiro atoms. The van der Waals surface area contributed by atoms with Gasteiger partial charge in [-0.05, 0) is 64.2 Å². The maximum absolute atomic E-state index is 4.24. The minimum atomic E-state index is 0.571. The molecule has 0 saturated heterocycles. The molecule has 1 nitrogen and oxygen atoms in total. The predicted octanol–water partition coefficient (Wildman–Crippen LogP) is 8.72. The van der Waals surface area contributed by atoms with Gasteiger partial charge < -0.3 is 4.57 Å². The highest BCUT2D eigenvalue weighted by Crippen LogP contribution is 2.44. The van der Waals surface area contributed by atoms with Crippen LogP contribution in [-0.4, -0.2) is 4.57 Å². The number of rotatable bonds is 3. The first-order chi connectivity index (χ1) is 14.8. The first-order valence-electron chi connectivity index (χ1n) is 11.3. The Morgan fingerprint density at radius 1 is 0.867 bits per heavy atom. The molecule has 0 bridgehead atoms. The summed E-state index contributed by atoms with van der Waals surface area (Å²) in [5.74, 6) is 0. The van der Waals surface area contributed by atoms with Crippen molar-refractivity contribution in [2.45, 2.75) is 45.1 Å². The summed E-state index contributed by atoms with van der Waals surface area (Å²) in [5.41, 5.74) is 3.98. The summed E-state index contributed by atoms with van der Waals surface area (Å²) in [4.78, 5) is 0. The van der Waals surface area contributed by atoms with Gasteiger partial charge in [-0.25, -0.2) is 0 Å². The fourth-order valence-corrected chi connectivity index (χ4v) is 5.93.